The van der Waals surface area contributed by atoms with Crippen molar-refractivity contribution in [3.63, 3.8) is 0 Å². The van der Waals surface area contributed by atoms with Crippen LogP contribution in [0.5, 0.6) is 0 Å². The van der Waals surface area contributed by atoms with E-state index in [4.69, 9.17) is 5.11 Å². The van der Waals surface area contributed by atoms with E-state index in [1.165, 1.54) is 18.6 Å². The lowest BCUT2D eigenvalue weighted by molar-refractivity contribution is -0.384. The van der Waals surface area contributed by atoms with Crippen LogP contribution in [-0.4, -0.2) is 22.5 Å². The van der Waals surface area contributed by atoms with Crippen LogP contribution in [0.4, 0.5) is 11.4 Å². The summed E-state index contributed by atoms with van der Waals surface area (Å²) in [5.41, 5.74) is -0.211. The molecule has 0 radical (unpaired) electrons. The molecule has 0 heterocycles. The zero-order chi connectivity index (χ0) is 14.0. The quantitative estimate of drug-likeness (QED) is 0.630. The number of nitro groups is 1. The topological polar surface area (TPSA) is 92.5 Å². The smallest absolute Gasteiger partial charge is 0.342 e. The Hall–Kier alpha value is -2.11. The van der Waals surface area contributed by atoms with Crippen LogP contribution in [0.25, 0.3) is 0 Å². The van der Waals surface area contributed by atoms with Crippen LogP contribution in [-0.2, 0) is 0 Å². The Morgan fingerprint density at radius 3 is 2.68 bits per heavy atom. The second-order valence-corrected chi connectivity index (χ2v) is 5.28. The molecule has 6 heteroatoms. The number of aromatic carboxylic acids is 1. The number of hydrogen-bond donors (Lipinski definition) is 2. The number of para-hydroxylation sites is 1. The molecule has 0 aliphatic heterocycles. The summed E-state index contributed by atoms with van der Waals surface area (Å²) in [6, 6.07) is 4.31. The third kappa shape index (κ3) is 2.67. The van der Waals surface area contributed by atoms with E-state index in [2.05, 4.69) is 12.2 Å². The van der Waals surface area contributed by atoms with Crippen molar-refractivity contribution in [2.45, 2.75) is 26.2 Å². The van der Waals surface area contributed by atoms with Crippen molar-refractivity contribution in [1.29, 1.82) is 0 Å². The second-order valence-electron chi connectivity index (χ2n) is 5.28. The third-order valence-corrected chi connectivity index (χ3v) is 3.72. The molecule has 6 nitrogen and oxygen atoms in total. The fourth-order valence-electron chi connectivity index (χ4n) is 2.32. The zero-order valence-electron chi connectivity index (χ0n) is 10.7. The molecule has 1 aliphatic rings. The van der Waals surface area contributed by atoms with E-state index in [0.717, 1.165) is 12.8 Å². The summed E-state index contributed by atoms with van der Waals surface area (Å²) >= 11 is 0. The monoisotopic (exact) mass is 264 g/mol. The Balaban J connectivity index is 2.26. The van der Waals surface area contributed by atoms with Gasteiger partial charge in [-0.05, 0) is 30.4 Å². The molecule has 0 aromatic heterocycles. The first-order valence-corrected chi connectivity index (χ1v) is 6.17. The number of carboxylic acid groups (broad SMARTS) is 1. The maximum Gasteiger partial charge on any atom is 0.342 e. The summed E-state index contributed by atoms with van der Waals surface area (Å²) in [4.78, 5) is 21.4. The first-order valence-electron chi connectivity index (χ1n) is 6.17. The van der Waals surface area contributed by atoms with Gasteiger partial charge in [0, 0.05) is 6.54 Å². The summed E-state index contributed by atoms with van der Waals surface area (Å²) < 4.78 is 0. The van der Waals surface area contributed by atoms with E-state index >= 15 is 0 Å². The average Bonchev–Trinajstić information content (AvgIpc) is 2.33. The van der Waals surface area contributed by atoms with Crippen LogP contribution in [0.15, 0.2) is 18.2 Å². The van der Waals surface area contributed by atoms with Crippen molar-refractivity contribution in [2.24, 2.45) is 5.41 Å². The molecule has 1 fully saturated rings. The lowest BCUT2D eigenvalue weighted by Crippen LogP contribution is -2.33. The Labute approximate surface area is 110 Å². The molecule has 0 atom stereocenters. The average molecular weight is 264 g/mol. The Bertz CT molecular complexity index is 523. The number of hydrogen-bond acceptors (Lipinski definition) is 4. The van der Waals surface area contributed by atoms with Crippen LogP contribution in [0.1, 0.15) is 36.5 Å². The van der Waals surface area contributed by atoms with Gasteiger partial charge in [0.25, 0.3) is 0 Å². The van der Waals surface area contributed by atoms with Gasteiger partial charge in [0.2, 0.25) is 0 Å². The van der Waals surface area contributed by atoms with Gasteiger partial charge in [-0.25, -0.2) is 4.79 Å². The van der Waals surface area contributed by atoms with Crippen molar-refractivity contribution in [2.75, 3.05) is 11.9 Å². The van der Waals surface area contributed by atoms with Gasteiger partial charge in [-0.1, -0.05) is 19.4 Å². The highest BCUT2D eigenvalue weighted by atomic mass is 16.6. The molecule has 0 bridgehead atoms. The van der Waals surface area contributed by atoms with Crippen molar-refractivity contribution in [3.05, 3.63) is 33.9 Å². The Morgan fingerprint density at radius 2 is 2.21 bits per heavy atom. The van der Waals surface area contributed by atoms with E-state index < -0.39 is 10.9 Å². The maximum atomic E-state index is 11.1. The first-order chi connectivity index (χ1) is 8.93. The molecule has 1 saturated carbocycles. The van der Waals surface area contributed by atoms with E-state index in [-0.39, 0.29) is 22.4 Å². The van der Waals surface area contributed by atoms with Crippen molar-refractivity contribution in [1.82, 2.24) is 0 Å². The van der Waals surface area contributed by atoms with Crippen molar-refractivity contribution < 1.29 is 14.8 Å². The first kappa shape index (κ1) is 13.3. The Morgan fingerprint density at radius 1 is 1.53 bits per heavy atom. The van der Waals surface area contributed by atoms with Crippen LogP contribution in [0.2, 0.25) is 0 Å². The van der Waals surface area contributed by atoms with Crippen LogP contribution in [0, 0.1) is 15.5 Å². The molecule has 2 N–H and O–H groups in total. The standard InChI is InChI=1S/C13H16N2O4/c1-13(6-3-7-13)8-14-10-5-2-4-9(12(16)17)11(10)15(18)19/h2,4-5,14H,3,6-8H2,1H3,(H,16,17). The number of anilines is 1. The lowest BCUT2D eigenvalue weighted by atomic mass is 9.70. The molecule has 102 valence electrons. The number of rotatable bonds is 5. The van der Waals surface area contributed by atoms with E-state index in [1.807, 2.05) is 0 Å². The summed E-state index contributed by atoms with van der Waals surface area (Å²) in [7, 11) is 0. The lowest BCUT2D eigenvalue weighted by Gasteiger charge is -2.38. The van der Waals surface area contributed by atoms with Crippen LogP contribution in [0.3, 0.4) is 0 Å². The summed E-state index contributed by atoms with van der Waals surface area (Å²) in [5, 5.41) is 23.1. The van der Waals surface area contributed by atoms with Gasteiger partial charge in [-0.3, -0.25) is 10.1 Å². The van der Waals surface area contributed by atoms with E-state index in [9.17, 15) is 14.9 Å². The molecule has 1 aliphatic carbocycles. The fraction of sp³-hybridized carbons (Fsp3) is 0.462. The number of nitrogens with one attached hydrogen (secondary N) is 1. The molecular formula is C13H16N2O4. The van der Waals surface area contributed by atoms with Gasteiger partial charge in [-0.2, -0.15) is 0 Å². The summed E-state index contributed by atoms with van der Waals surface area (Å²) in [6.45, 7) is 2.74. The number of nitro benzene ring substituents is 1. The van der Waals surface area contributed by atoms with Crippen molar-refractivity contribution >= 4 is 17.3 Å². The van der Waals surface area contributed by atoms with E-state index in [1.54, 1.807) is 6.07 Å². The second kappa shape index (κ2) is 4.87. The molecule has 1 aromatic rings. The number of carbonyl (C=O) groups is 1. The van der Waals surface area contributed by atoms with Gasteiger partial charge in [0.15, 0.2) is 0 Å². The normalized spacial score (nSPS) is 16.5. The molecule has 2 rings (SSSR count). The minimum atomic E-state index is -1.29. The molecule has 1 aromatic carbocycles. The highest BCUT2D eigenvalue weighted by Gasteiger charge is 2.32. The largest absolute Gasteiger partial charge is 0.477 e. The maximum absolute atomic E-state index is 11.1. The SMILES string of the molecule is CC1(CNc2cccc(C(=O)O)c2[N+](=O)[O-])CCC1. The van der Waals surface area contributed by atoms with Crippen LogP contribution < -0.4 is 5.32 Å². The number of nitrogens with zero attached hydrogens (tertiary/aromatic N) is 1. The Kier molecular flexibility index (Phi) is 3.42. The highest BCUT2D eigenvalue weighted by Crippen LogP contribution is 2.41. The van der Waals surface area contributed by atoms with Crippen LogP contribution >= 0.6 is 0 Å². The van der Waals surface area contributed by atoms with Gasteiger partial charge in [-0.15, -0.1) is 0 Å². The van der Waals surface area contributed by atoms with Gasteiger partial charge >= 0.3 is 11.7 Å². The molecular weight excluding hydrogens is 248 g/mol. The third-order valence-electron chi connectivity index (χ3n) is 3.72. The summed E-state index contributed by atoms with van der Waals surface area (Å²) in [5.74, 6) is -1.29. The van der Waals surface area contributed by atoms with E-state index in [0.29, 0.717) is 6.54 Å². The number of benzene rings is 1. The molecule has 0 unspecified atom stereocenters. The molecule has 0 saturated heterocycles. The number of carboxylic acids is 1. The molecule has 0 spiro atoms. The minimum absolute atomic E-state index is 0.160. The van der Waals surface area contributed by atoms with Gasteiger partial charge in [0.1, 0.15) is 11.3 Å². The van der Waals surface area contributed by atoms with Crippen molar-refractivity contribution in [3.8, 4) is 0 Å². The molecule has 0 amide bonds. The summed E-state index contributed by atoms with van der Waals surface area (Å²) in [6.07, 6.45) is 3.36. The predicted molar refractivity (Wildman–Crippen MR) is 70.5 cm³/mol. The molecule has 19 heavy (non-hydrogen) atoms. The highest BCUT2D eigenvalue weighted by molar-refractivity contribution is 5.95. The zero-order valence-corrected chi connectivity index (χ0v) is 10.7. The van der Waals surface area contributed by atoms with Gasteiger partial charge in [0.05, 0.1) is 4.92 Å². The van der Waals surface area contributed by atoms with Gasteiger partial charge < -0.3 is 10.4 Å². The fourth-order valence-corrected chi connectivity index (χ4v) is 2.32. The predicted octanol–water partition coefficient (Wildman–Crippen LogP) is 2.90. The minimum Gasteiger partial charge on any atom is -0.477 e.